The average Bonchev–Trinajstić information content (AvgIpc) is 2.97. The Kier molecular flexibility index (Phi) is 5.41. The number of alkyl halides is 2. The third kappa shape index (κ3) is 3.72. The van der Waals surface area contributed by atoms with Crippen molar-refractivity contribution in [1.29, 1.82) is 0 Å². The highest BCUT2D eigenvalue weighted by Gasteiger charge is 2.18. The Bertz CT molecular complexity index is 1140. The van der Waals surface area contributed by atoms with Crippen molar-refractivity contribution in [2.24, 2.45) is 0 Å². The maximum absolute atomic E-state index is 12.7. The van der Waals surface area contributed by atoms with Gasteiger partial charge in [0.05, 0.1) is 12.5 Å². The van der Waals surface area contributed by atoms with E-state index in [1.54, 1.807) is 13.0 Å². The molecule has 146 valence electrons. The summed E-state index contributed by atoms with van der Waals surface area (Å²) in [6, 6.07) is 4.60. The summed E-state index contributed by atoms with van der Waals surface area (Å²) in [5.41, 5.74) is 0.147. The van der Waals surface area contributed by atoms with E-state index in [2.05, 4.69) is 14.7 Å². The molecule has 1 aromatic carbocycles. The molecule has 10 heteroatoms. The fourth-order valence-corrected chi connectivity index (χ4v) is 3.68. The minimum Gasteiger partial charge on any atom is -0.493 e. The van der Waals surface area contributed by atoms with Crippen molar-refractivity contribution in [3.63, 3.8) is 0 Å². The highest BCUT2D eigenvalue weighted by molar-refractivity contribution is 7.20. The van der Waals surface area contributed by atoms with E-state index < -0.39 is 18.1 Å². The van der Waals surface area contributed by atoms with E-state index in [9.17, 15) is 23.5 Å². The van der Waals surface area contributed by atoms with Crippen LogP contribution in [0.25, 0.3) is 22.4 Å². The summed E-state index contributed by atoms with van der Waals surface area (Å²) in [6.45, 7) is -1.50. The summed E-state index contributed by atoms with van der Waals surface area (Å²) >= 11 is 0.891. The van der Waals surface area contributed by atoms with Gasteiger partial charge in [-0.25, -0.2) is 9.78 Å². The molecule has 3 rings (SSSR count). The maximum Gasteiger partial charge on any atom is 0.387 e. The van der Waals surface area contributed by atoms with E-state index in [0.717, 1.165) is 11.3 Å². The van der Waals surface area contributed by atoms with Crippen molar-refractivity contribution in [3.8, 4) is 11.5 Å². The van der Waals surface area contributed by atoms with Crippen LogP contribution in [0.3, 0.4) is 0 Å². The molecule has 0 aliphatic rings. The van der Waals surface area contributed by atoms with Crippen molar-refractivity contribution in [2.45, 2.75) is 13.5 Å². The van der Waals surface area contributed by atoms with Gasteiger partial charge in [-0.05, 0) is 30.7 Å². The van der Waals surface area contributed by atoms with Gasteiger partial charge in [0.15, 0.2) is 11.5 Å². The molecule has 0 spiro atoms. The molecule has 0 bridgehead atoms. The van der Waals surface area contributed by atoms with Crippen molar-refractivity contribution < 1.29 is 28.2 Å². The van der Waals surface area contributed by atoms with Crippen molar-refractivity contribution in [2.75, 3.05) is 7.11 Å². The molecule has 0 fully saturated rings. The number of aromatic amines is 1. The molecule has 2 heterocycles. The number of fused-ring (bicyclic) bond motifs is 1. The molecule has 28 heavy (non-hydrogen) atoms. The Labute approximate surface area is 160 Å². The SMILES string of the molecule is COc1cccc(/C=C/c2nc3sc(C(=O)O)c(C)c3c(=O)[nH]2)c1OC(F)F. The van der Waals surface area contributed by atoms with Gasteiger partial charge in [0.2, 0.25) is 0 Å². The number of carbonyl (C=O) groups is 1. The monoisotopic (exact) mass is 408 g/mol. The van der Waals surface area contributed by atoms with E-state index in [0.29, 0.717) is 5.56 Å². The zero-order valence-electron chi connectivity index (χ0n) is 14.7. The van der Waals surface area contributed by atoms with Crippen molar-refractivity contribution in [1.82, 2.24) is 9.97 Å². The van der Waals surface area contributed by atoms with Crippen molar-refractivity contribution >= 4 is 39.7 Å². The van der Waals surface area contributed by atoms with E-state index >= 15 is 0 Å². The van der Waals surface area contributed by atoms with Gasteiger partial charge in [0, 0.05) is 5.56 Å². The predicted molar refractivity (Wildman–Crippen MR) is 100 cm³/mol. The van der Waals surface area contributed by atoms with Crippen LogP contribution in [-0.2, 0) is 0 Å². The lowest BCUT2D eigenvalue weighted by atomic mass is 10.1. The van der Waals surface area contributed by atoms with Crippen LogP contribution in [0.15, 0.2) is 23.0 Å². The molecule has 0 aliphatic heterocycles. The maximum atomic E-state index is 12.7. The molecule has 0 saturated heterocycles. The number of para-hydroxylation sites is 1. The van der Waals surface area contributed by atoms with Gasteiger partial charge in [0.25, 0.3) is 5.56 Å². The van der Waals surface area contributed by atoms with Crippen LogP contribution < -0.4 is 15.0 Å². The number of H-pyrrole nitrogens is 1. The van der Waals surface area contributed by atoms with Crippen LogP contribution in [0.2, 0.25) is 0 Å². The molecule has 2 aromatic heterocycles. The zero-order valence-corrected chi connectivity index (χ0v) is 15.5. The fraction of sp³-hybridized carbons (Fsp3) is 0.167. The minimum absolute atomic E-state index is 0.0366. The summed E-state index contributed by atoms with van der Waals surface area (Å²) in [6.07, 6.45) is 2.84. The smallest absolute Gasteiger partial charge is 0.387 e. The van der Waals surface area contributed by atoms with E-state index in [-0.39, 0.29) is 38.0 Å². The number of methoxy groups -OCH3 is 1. The Balaban J connectivity index is 2.05. The van der Waals surface area contributed by atoms with Gasteiger partial charge in [-0.3, -0.25) is 4.79 Å². The largest absolute Gasteiger partial charge is 0.493 e. The van der Waals surface area contributed by atoms with Gasteiger partial charge in [-0.15, -0.1) is 11.3 Å². The molecule has 0 amide bonds. The number of hydrogen-bond donors (Lipinski definition) is 2. The average molecular weight is 408 g/mol. The number of rotatable bonds is 6. The van der Waals surface area contributed by atoms with E-state index in [1.807, 2.05) is 0 Å². The van der Waals surface area contributed by atoms with E-state index in [1.165, 1.54) is 31.4 Å². The number of aromatic carboxylic acids is 1. The normalized spacial score (nSPS) is 11.5. The quantitative estimate of drug-likeness (QED) is 0.644. The molecule has 7 nitrogen and oxygen atoms in total. The Hall–Kier alpha value is -3.27. The second-order valence-corrected chi connectivity index (χ2v) is 6.58. The summed E-state index contributed by atoms with van der Waals surface area (Å²) in [5.74, 6) is -1.03. The number of aryl methyl sites for hydroxylation is 1. The van der Waals surface area contributed by atoms with E-state index in [4.69, 9.17) is 4.74 Å². The second-order valence-electron chi connectivity index (χ2n) is 5.58. The van der Waals surface area contributed by atoms with Gasteiger partial charge in [-0.1, -0.05) is 12.1 Å². The molecular formula is C18H14F2N2O5S. The number of nitrogens with one attached hydrogen (secondary N) is 1. The highest BCUT2D eigenvalue weighted by Crippen LogP contribution is 2.33. The van der Waals surface area contributed by atoms with Gasteiger partial charge < -0.3 is 19.6 Å². The Morgan fingerprint density at radius 3 is 2.75 bits per heavy atom. The lowest BCUT2D eigenvalue weighted by Gasteiger charge is -2.12. The first-order chi connectivity index (χ1) is 13.3. The van der Waals surface area contributed by atoms with Crippen LogP contribution >= 0.6 is 11.3 Å². The van der Waals surface area contributed by atoms with Crippen molar-refractivity contribution in [3.05, 3.63) is 50.4 Å². The number of thiophene rings is 1. The number of carboxylic acid groups (broad SMARTS) is 1. The first-order valence-electron chi connectivity index (χ1n) is 7.88. The molecule has 0 radical (unpaired) electrons. The van der Waals surface area contributed by atoms with Crippen LogP contribution in [0, 0.1) is 6.92 Å². The Morgan fingerprint density at radius 1 is 1.36 bits per heavy atom. The van der Waals surface area contributed by atoms with Crippen LogP contribution in [0.4, 0.5) is 8.78 Å². The number of hydrogen-bond acceptors (Lipinski definition) is 6. The first kappa shape index (κ1) is 19.5. The van der Waals surface area contributed by atoms with Gasteiger partial charge >= 0.3 is 12.6 Å². The third-order valence-corrected chi connectivity index (χ3v) is 5.04. The molecule has 0 aliphatic carbocycles. The minimum atomic E-state index is -3.04. The summed E-state index contributed by atoms with van der Waals surface area (Å²) in [5, 5.41) is 9.41. The zero-order chi connectivity index (χ0) is 20.4. The molecule has 0 saturated carbocycles. The number of benzene rings is 1. The summed E-state index contributed by atoms with van der Waals surface area (Å²) in [4.78, 5) is 30.7. The topological polar surface area (TPSA) is 102 Å². The lowest BCUT2D eigenvalue weighted by molar-refractivity contribution is -0.0513. The number of nitrogens with zero attached hydrogens (tertiary/aromatic N) is 1. The Morgan fingerprint density at radius 2 is 2.11 bits per heavy atom. The number of carboxylic acids is 1. The number of ether oxygens (including phenoxy) is 2. The molecule has 0 unspecified atom stereocenters. The molecule has 0 atom stereocenters. The highest BCUT2D eigenvalue weighted by atomic mass is 32.1. The standard InChI is InChI=1S/C18H14F2N2O5S/c1-8-12-15(23)21-11(22-16(12)28-14(8)17(24)25)7-6-9-4-3-5-10(26-2)13(9)27-18(19)20/h3-7,18H,1-2H3,(H,24,25)(H,21,22,23)/b7-6+. The second kappa shape index (κ2) is 7.77. The number of aromatic nitrogens is 2. The first-order valence-corrected chi connectivity index (χ1v) is 8.70. The molecule has 2 N–H and O–H groups in total. The van der Waals surface area contributed by atoms with Crippen LogP contribution in [-0.4, -0.2) is 34.8 Å². The molecular weight excluding hydrogens is 394 g/mol. The lowest BCUT2D eigenvalue weighted by Crippen LogP contribution is -2.09. The predicted octanol–water partition coefficient (Wildman–Crippen LogP) is 3.77. The summed E-state index contributed by atoms with van der Waals surface area (Å²) < 4.78 is 35.0. The fourth-order valence-electron chi connectivity index (χ4n) is 2.65. The molecule has 3 aromatic rings. The van der Waals surface area contributed by atoms with Gasteiger partial charge in [0.1, 0.15) is 15.5 Å². The van der Waals surface area contributed by atoms with Gasteiger partial charge in [-0.2, -0.15) is 8.78 Å². The van der Waals surface area contributed by atoms with Crippen LogP contribution in [0.5, 0.6) is 11.5 Å². The number of halogens is 2. The van der Waals surface area contributed by atoms with Crippen LogP contribution in [0.1, 0.15) is 26.6 Å². The third-order valence-electron chi connectivity index (χ3n) is 3.87. The summed E-state index contributed by atoms with van der Waals surface area (Å²) in [7, 11) is 1.33.